The van der Waals surface area contributed by atoms with Crippen LogP contribution in [0, 0.1) is 6.92 Å². The van der Waals surface area contributed by atoms with Crippen molar-refractivity contribution in [3.05, 3.63) is 29.6 Å². The van der Waals surface area contributed by atoms with Crippen LogP contribution in [0.25, 0.3) is 0 Å². The Morgan fingerprint density at radius 1 is 1.47 bits per heavy atom. The molecular formula is C12H20N2O. The first kappa shape index (κ1) is 12.1. The van der Waals surface area contributed by atoms with Crippen LogP contribution in [0.15, 0.2) is 18.3 Å². The molecule has 0 fully saturated rings. The van der Waals surface area contributed by atoms with Crippen molar-refractivity contribution < 1.29 is 5.11 Å². The highest BCUT2D eigenvalue weighted by molar-refractivity contribution is 5.12. The Kier molecular flexibility index (Phi) is 3.83. The molecule has 15 heavy (non-hydrogen) atoms. The Hall–Kier alpha value is -0.930. The lowest BCUT2D eigenvalue weighted by atomic mass is 9.99. The van der Waals surface area contributed by atoms with E-state index in [1.54, 1.807) is 6.92 Å². The van der Waals surface area contributed by atoms with E-state index < -0.39 is 0 Å². The summed E-state index contributed by atoms with van der Waals surface area (Å²) in [5, 5.41) is 12.8. The van der Waals surface area contributed by atoms with Crippen LogP contribution in [-0.2, 0) is 6.54 Å². The molecule has 1 heterocycles. The number of hydrogen-bond acceptors (Lipinski definition) is 3. The van der Waals surface area contributed by atoms with E-state index in [0.717, 1.165) is 11.3 Å². The van der Waals surface area contributed by atoms with Gasteiger partial charge in [0, 0.05) is 18.3 Å². The highest BCUT2D eigenvalue weighted by atomic mass is 16.3. The summed E-state index contributed by atoms with van der Waals surface area (Å²) in [7, 11) is 0. The molecule has 1 unspecified atom stereocenters. The van der Waals surface area contributed by atoms with Crippen LogP contribution in [0.4, 0.5) is 0 Å². The molecule has 1 atom stereocenters. The smallest absolute Gasteiger partial charge is 0.0688 e. The van der Waals surface area contributed by atoms with E-state index in [9.17, 15) is 5.11 Å². The number of nitrogens with one attached hydrogen (secondary N) is 1. The van der Waals surface area contributed by atoms with Crippen LogP contribution in [0.3, 0.4) is 0 Å². The van der Waals surface area contributed by atoms with Gasteiger partial charge in [0.1, 0.15) is 0 Å². The zero-order chi connectivity index (χ0) is 11.5. The van der Waals surface area contributed by atoms with E-state index in [-0.39, 0.29) is 11.6 Å². The van der Waals surface area contributed by atoms with Gasteiger partial charge in [0.05, 0.1) is 11.8 Å². The number of aliphatic hydroxyl groups excluding tert-OH is 1. The van der Waals surface area contributed by atoms with Gasteiger partial charge in [0.25, 0.3) is 0 Å². The summed E-state index contributed by atoms with van der Waals surface area (Å²) in [6, 6.07) is 4.04. The molecule has 1 aromatic heterocycles. The van der Waals surface area contributed by atoms with Crippen molar-refractivity contribution in [2.24, 2.45) is 0 Å². The third-order valence-electron chi connectivity index (χ3n) is 2.74. The van der Waals surface area contributed by atoms with E-state index in [0.29, 0.717) is 6.54 Å². The largest absolute Gasteiger partial charge is 0.392 e. The maximum Gasteiger partial charge on any atom is 0.0688 e. The number of rotatable bonds is 4. The molecule has 0 aromatic carbocycles. The quantitative estimate of drug-likeness (QED) is 0.790. The second-order valence-corrected chi connectivity index (χ2v) is 4.58. The summed E-state index contributed by atoms with van der Waals surface area (Å²) in [5.74, 6) is 0. The SMILES string of the molecule is Cc1ccc(CNC(C)(C)C(C)O)nc1. The van der Waals surface area contributed by atoms with E-state index in [4.69, 9.17) is 0 Å². The van der Waals surface area contributed by atoms with E-state index in [1.165, 1.54) is 0 Å². The average Bonchev–Trinajstić information content (AvgIpc) is 2.17. The molecular weight excluding hydrogens is 188 g/mol. The molecule has 1 rings (SSSR count). The lowest BCUT2D eigenvalue weighted by molar-refractivity contribution is 0.0954. The summed E-state index contributed by atoms with van der Waals surface area (Å²) in [5.41, 5.74) is 1.87. The third kappa shape index (κ3) is 3.61. The molecule has 3 heteroatoms. The molecule has 3 nitrogen and oxygen atoms in total. The van der Waals surface area contributed by atoms with Gasteiger partial charge in [-0.2, -0.15) is 0 Å². The maximum atomic E-state index is 9.52. The summed E-state index contributed by atoms with van der Waals surface area (Å²) in [4.78, 5) is 4.30. The highest BCUT2D eigenvalue weighted by Crippen LogP contribution is 2.09. The molecule has 0 spiro atoms. The molecule has 0 bridgehead atoms. The Labute approximate surface area is 91.5 Å². The third-order valence-corrected chi connectivity index (χ3v) is 2.74. The van der Waals surface area contributed by atoms with Crippen molar-refractivity contribution in [1.82, 2.24) is 10.3 Å². The van der Waals surface area contributed by atoms with Crippen LogP contribution in [0.2, 0.25) is 0 Å². The van der Waals surface area contributed by atoms with Crippen LogP contribution < -0.4 is 5.32 Å². The summed E-state index contributed by atoms with van der Waals surface area (Å²) in [6.45, 7) is 8.44. The van der Waals surface area contributed by atoms with Gasteiger partial charge in [-0.1, -0.05) is 6.07 Å². The van der Waals surface area contributed by atoms with Crippen molar-refractivity contribution in [2.75, 3.05) is 0 Å². The van der Waals surface area contributed by atoms with Gasteiger partial charge >= 0.3 is 0 Å². The fourth-order valence-corrected chi connectivity index (χ4v) is 1.07. The van der Waals surface area contributed by atoms with Gasteiger partial charge < -0.3 is 10.4 Å². The molecule has 2 N–H and O–H groups in total. The van der Waals surface area contributed by atoms with Gasteiger partial charge in [0.2, 0.25) is 0 Å². The number of aryl methyl sites for hydroxylation is 1. The normalized spacial score (nSPS) is 13.9. The van der Waals surface area contributed by atoms with Crippen molar-refractivity contribution in [1.29, 1.82) is 0 Å². The number of aliphatic hydroxyl groups is 1. The fourth-order valence-electron chi connectivity index (χ4n) is 1.07. The van der Waals surface area contributed by atoms with Crippen LogP contribution in [0.1, 0.15) is 32.0 Å². The van der Waals surface area contributed by atoms with Crippen LogP contribution >= 0.6 is 0 Å². The van der Waals surface area contributed by atoms with Gasteiger partial charge in [-0.05, 0) is 39.3 Å². The highest BCUT2D eigenvalue weighted by Gasteiger charge is 2.22. The molecule has 0 aliphatic carbocycles. The van der Waals surface area contributed by atoms with Crippen molar-refractivity contribution in [3.8, 4) is 0 Å². The van der Waals surface area contributed by atoms with Crippen molar-refractivity contribution in [2.45, 2.75) is 45.9 Å². The van der Waals surface area contributed by atoms with Crippen molar-refractivity contribution >= 4 is 0 Å². The second kappa shape index (κ2) is 4.73. The monoisotopic (exact) mass is 208 g/mol. The number of nitrogens with zero attached hydrogens (tertiary/aromatic N) is 1. The molecule has 0 aliphatic heterocycles. The minimum Gasteiger partial charge on any atom is -0.392 e. The zero-order valence-electron chi connectivity index (χ0n) is 9.91. The lowest BCUT2D eigenvalue weighted by Crippen LogP contribution is -2.47. The van der Waals surface area contributed by atoms with Gasteiger partial charge in [-0.15, -0.1) is 0 Å². The average molecular weight is 208 g/mol. The van der Waals surface area contributed by atoms with Gasteiger partial charge in [0.15, 0.2) is 0 Å². The standard InChI is InChI=1S/C12H20N2O/c1-9-5-6-11(13-7-9)8-14-12(3,4)10(2)15/h5-7,10,14-15H,8H2,1-4H3. The van der Waals surface area contributed by atoms with Gasteiger partial charge in [-0.3, -0.25) is 4.98 Å². The molecule has 84 valence electrons. The first-order chi connectivity index (χ1) is 6.92. The molecule has 0 saturated heterocycles. The lowest BCUT2D eigenvalue weighted by Gasteiger charge is -2.29. The minimum atomic E-state index is -0.386. The Bertz CT molecular complexity index is 304. The molecule has 0 aliphatic rings. The van der Waals surface area contributed by atoms with E-state index >= 15 is 0 Å². The first-order valence-corrected chi connectivity index (χ1v) is 5.26. The Balaban J connectivity index is 2.54. The van der Waals surface area contributed by atoms with E-state index in [1.807, 2.05) is 39.1 Å². The van der Waals surface area contributed by atoms with Crippen molar-refractivity contribution in [3.63, 3.8) is 0 Å². The topological polar surface area (TPSA) is 45.1 Å². The minimum absolute atomic E-state index is 0.285. The number of aromatic nitrogens is 1. The fraction of sp³-hybridized carbons (Fsp3) is 0.583. The zero-order valence-corrected chi connectivity index (χ0v) is 9.91. The summed E-state index contributed by atoms with van der Waals surface area (Å²) >= 11 is 0. The maximum absolute atomic E-state index is 9.52. The number of pyridine rings is 1. The van der Waals surface area contributed by atoms with Gasteiger partial charge in [-0.25, -0.2) is 0 Å². The van der Waals surface area contributed by atoms with Crippen LogP contribution in [-0.4, -0.2) is 21.7 Å². The molecule has 0 saturated carbocycles. The summed E-state index contributed by atoms with van der Waals surface area (Å²) in [6.07, 6.45) is 1.47. The Morgan fingerprint density at radius 3 is 2.60 bits per heavy atom. The first-order valence-electron chi connectivity index (χ1n) is 5.26. The van der Waals surface area contributed by atoms with E-state index in [2.05, 4.69) is 10.3 Å². The van der Waals surface area contributed by atoms with Crippen LogP contribution in [0.5, 0.6) is 0 Å². The predicted octanol–water partition coefficient (Wildman–Crippen LogP) is 1.64. The number of hydrogen-bond donors (Lipinski definition) is 2. The second-order valence-electron chi connectivity index (χ2n) is 4.58. The Morgan fingerprint density at radius 2 is 2.13 bits per heavy atom. The summed E-state index contributed by atoms with van der Waals surface area (Å²) < 4.78 is 0. The molecule has 0 radical (unpaired) electrons. The predicted molar refractivity (Wildman–Crippen MR) is 61.6 cm³/mol. The molecule has 1 aromatic rings. The molecule has 0 amide bonds.